The molecule has 0 aliphatic rings. The Morgan fingerprint density at radius 2 is 2.29 bits per heavy atom. The average molecular weight is 262 g/mol. The number of alkyl halides is 1. The number of hydrogen-bond donors (Lipinski definition) is 0. The highest BCUT2D eigenvalue weighted by molar-refractivity contribution is 9.09. The van der Waals surface area contributed by atoms with Gasteiger partial charge in [-0.15, -0.1) is 0 Å². The summed E-state index contributed by atoms with van der Waals surface area (Å²) in [6.07, 6.45) is 0.511. The molecule has 14 heavy (non-hydrogen) atoms. The van der Waals surface area contributed by atoms with Crippen LogP contribution < -0.4 is 0 Å². The van der Waals surface area contributed by atoms with Crippen molar-refractivity contribution in [2.45, 2.75) is 18.2 Å². The van der Waals surface area contributed by atoms with Crippen LogP contribution in [-0.4, -0.2) is 9.75 Å². The van der Waals surface area contributed by atoms with Crippen molar-refractivity contribution in [3.8, 4) is 0 Å². The number of hydrogen-bond acceptors (Lipinski definition) is 2. The van der Waals surface area contributed by atoms with Crippen molar-refractivity contribution in [2.24, 2.45) is 0 Å². The van der Waals surface area contributed by atoms with Gasteiger partial charge in [-0.1, -0.05) is 22.9 Å². The van der Waals surface area contributed by atoms with Gasteiger partial charge in [0.25, 0.3) is 5.69 Å². The minimum absolute atomic E-state index is 0.131. The van der Waals surface area contributed by atoms with Gasteiger partial charge in [0.2, 0.25) is 0 Å². The van der Waals surface area contributed by atoms with Crippen LogP contribution >= 0.6 is 15.9 Å². The average Bonchev–Trinajstić information content (AvgIpc) is 2.07. The van der Waals surface area contributed by atoms with E-state index in [1.165, 1.54) is 12.1 Å². The molecule has 0 amide bonds. The third-order valence-corrected chi connectivity index (χ3v) is 2.07. The van der Waals surface area contributed by atoms with E-state index in [4.69, 9.17) is 0 Å². The molecule has 1 rings (SSSR count). The van der Waals surface area contributed by atoms with E-state index in [9.17, 15) is 14.5 Å². The van der Waals surface area contributed by atoms with Crippen LogP contribution in [0.1, 0.15) is 12.5 Å². The van der Waals surface area contributed by atoms with Crippen molar-refractivity contribution in [1.29, 1.82) is 0 Å². The normalized spacial score (nSPS) is 12.5. The van der Waals surface area contributed by atoms with Crippen LogP contribution in [0.5, 0.6) is 0 Å². The highest BCUT2D eigenvalue weighted by Gasteiger charge is 2.15. The van der Waals surface area contributed by atoms with Gasteiger partial charge < -0.3 is 0 Å². The summed E-state index contributed by atoms with van der Waals surface area (Å²) >= 11 is 3.30. The van der Waals surface area contributed by atoms with Crippen molar-refractivity contribution >= 4 is 21.6 Å². The maximum atomic E-state index is 12.7. The molecule has 0 saturated heterocycles. The van der Waals surface area contributed by atoms with Crippen molar-refractivity contribution in [3.05, 3.63) is 39.7 Å². The fraction of sp³-hybridized carbons (Fsp3) is 0.333. The molecule has 0 bridgehead atoms. The molecule has 0 spiro atoms. The summed E-state index contributed by atoms with van der Waals surface area (Å²) in [5, 5.41) is 10.6. The van der Waals surface area contributed by atoms with E-state index >= 15 is 0 Å². The first kappa shape index (κ1) is 11.1. The van der Waals surface area contributed by atoms with E-state index < -0.39 is 10.7 Å². The van der Waals surface area contributed by atoms with E-state index in [2.05, 4.69) is 15.9 Å². The second-order valence-corrected chi connectivity index (χ2v) is 4.58. The molecule has 0 aliphatic carbocycles. The van der Waals surface area contributed by atoms with Crippen LogP contribution in [0.4, 0.5) is 10.1 Å². The Kier molecular flexibility index (Phi) is 3.57. The molecule has 1 atom stereocenters. The lowest BCUT2D eigenvalue weighted by Gasteiger charge is -2.04. The summed E-state index contributed by atoms with van der Waals surface area (Å²) < 4.78 is 12.7. The number of halogens is 2. The van der Waals surface area contributed by atoms with Gasteiger partial charge in [-0.2, -0.15) is 0 Å². The standard InChI is InChI=1S/C9H9BrFNO2/c1-6(10)4-7-2-3-8(11)5-9(7)12(13)14/h2-3,5-6H,4H2,1H3. The Labute approximate surface area is 89.2 Å². The Morgan fingerprint density at radius 3 is 2.79 bits per heavy atom. The number of nitro groups is 1. The molecule has 0 saturated carbocycles. The van der Waals surface area contributed by atoms with E-state index in [-0.39, 0.29) is 10.5 Å². The van der Waals surface area contributed by atoms with E-state index in [0.717, 1.165) is 6.07 Å². The van der Waals surface area contributed by atoms with Crippen LogP contribution in [0, 0.1) is 15.9 Å². The molecule has 1 aromatic rings. The van der Waals surface area contributed by atoms with Crippen LogP contribution in [-0.2, 0) is 6.42 Å². The molecule has 0 radical (unpaired) electrons. The smallest absolute Gasteiger partial charge is 0.258 e. The van der Waals surface area contributed by atoms with Crippen LogP contribution in [0.25, 0.3) is 0 Å². The van der Waals surface area contributed by atoms with E-state index in [1.54, 1.807) is 0 Å². The van der Waals surface area contributed by atoms with Crippen molar-refractivity contribution in [2.75, 3.05) is 0 Å². The molecule has 1 unspecified atom stereocenters. The Bertz CT molecular complexity index is 355. The van der Waals surface area contributed by atoms with Crippen molar-refractivity contribution < 1.29 is 9.31 Å². The van der Waals surface area contributed by atoms with Crippen LogP contribution in [0.3, 0.4) is 0 Å². The lowest BCUT2D eigenvalue weighted by molar-refractivity contribution is -0.385. The van der Waals surface area contributed by atoms with Crippen molar-refractivity contribution in [3.63, 3.8) is 0 Å². The topological polar surface area (TPSA) is 43.1 Å². The monoisotopic (exact) mass is 261 g/mol. The molecule has 0 N–H and O–H groups in total. The van der Waals surface area contributed by atoms with Gasteiger partial charge in [0.05, 0.1) is 11.0 Å². The fourth-order valence-corrected chi connectivity index (χ4v) is 1.53. The van der Waals surface area contributed by atoms with E-state index in [0.29, 0.717) is 12.0 Å². The Hall–Kier alpha value is -0.970. The SMILES string of the molecule is CC(Br)Cc1ccc(F)cc1[N+](=O)[O-]. The predicted octanol–water partition coefficient (Wildman–Crippen LogP) is 3.06. The third-order valence-electron chi connectivity index (χ3n) is 1.75. The summed E-state index contributed by atoms with van der Waals surface area (Å²) in [5.41, 5.74) is 0.386. The van der Waals surface area contributed by atoms with Crippen LogP contribution in [0.2, 0.25) is 0 Å². The van der Waals surface area contributed by atoms with Gasteiger partial charge >= 0.3 is 0 Å². The summed E-state index contributed by atoms with van der Waals surface area (Å²) in [6, 6.07) is 3.63. The summed E-state index contributed by atoms with van der Waals surface area (Å²) in [4.78, 5) is 10.1. The molecule has 0 fully saturated rings. The maximum Gasteiger partial charge on any atom is 0.275 e. The summed E-state index contributed by atoms with van der Waals surface area (Å²) in [6.45, 7) is 1.88. The quantitative estimate of drug-likeness (QED) is 0.477. The van der Waals surface area contributed by atoms with Gasteiger partial charge in [-0.05, 0) is 18.6 Å². The van der Waals surface area contributed by atoms with Gasteiger partial charge in [-0.25, -0.2) is 4.39 Å². The molecular weight excluding hydrogens is 253 g/mol. The molecule has 1 aromatic carbocycles. The van der Waals surface area contributed by atoms with Gasteiger partial charge in [0.1, 0.15) is 5.82 Å². The summed E-state index contributed by atoms with van der Waals surface area (Å²) in [5.74, 6) is -0.581. The first-order chi connectivity index (χ1) is 6.50. The first-order valence-electron chi connectivity index (χ1n) is 4.07. The Morgan fingerprint density at radius 1 is 1.64 bits per heavy atom. The first-order valence-corrected chi connectivity index (χ1v) is 4.99. The van der Waals surface area contributed by atoms with Crippen LogP contribution in [0.15, 0.2) is 18.2 Å². The zero-order chi connectivity index (χ0) is 10.7. The highest BCUT2D eigenvalue weighted by atomic mass is 79.9. The van der Waals surface area contributed by atoms with Gasteiger partial charge in [-0.3, -0.25) is 10.1 Å². The minimum atomic E-state index is -0.581. The van der Waals surface area contributed by atoms with Gasteiger partial charge in [0.15, 0.2) is 0 Å². The number of benzene rings is 1. The fourth-order valence-electron chi connectivity index (χ4n) is 1.18. The molecule has 0 aliphatic heterocycles. The zero-order valence-corrected chi connectivity index (χ0v) is 9.12. The number of nitro benzene ring substituents is 1. The minimum Gasteiger partial charge on any atom is -0.258 e. The predicted molar refractivity (Wildman–Crippen MR) is 55.1 cm³/mol. The zero-order valence-electron chi connectivity index (χ0n) is 7.54. The molecule has 0 heterocycles. The molecule has 0 aromatic heterocycles. The largest absolute Gasteiger partial charge is 0.275 e. The third kappa shape index (κ3) is 2.77. The number of rotatable bonds is 3. The lowest BCUT2D eigenvalue weighted by Crippen LogP contribution is -2.01. The Balaban J connectivity index is 3.08. The molecule has 5 heteroatoms. The highest BCUT2D eigenvalue weighted by Crippen LogP contribution is 2.22. The molecule has 3 nitrogen and oxygen atoms in total. The van der Waals surface area contributed by atoms with E-state index in [1.807, 2.05) is 6.92 Å². The maximum absolute atomic E-state index is 12.7. The molecule has 76 valence electrons. The number of nitrogens with zero attached hydrogens (tertiary/aromatic N) is 1. The second kappa shape index (κ2) is 4.50. The van der Waals surface area contributed by atoms with Gasteiger partial charge in [0, 0.05) is 10.4 Å². The second-order valence-electron chi connectivity index (χ2n) is 3.02. The van der Waals surface area contributed by atoms with Crippen molar-refractivity contribution in [1.82, 2.24) is 0 Å². The molecular formula is C9H9BrFNO2. The lowest BCUT2D eigenvalue weighted by atomic mass is 10.1. The summed E-state index contributed by atoms with van der Waals surface area (Å²) in [7, 11) is 0.